The third kappa shape index (κ3) is 3.00. The summed E-state index contributed by atoms with van der Waals surface area (Å²) >= 11 is 0. The molecular formula is C17H15N3O. The number of carbonyl (C=O) groups is 1. The minimum atomic E-state index is -0.0751. The molecule has 4 heteroatoms. The molecule has 2 aromatic carbocycles. The number of anilines is 1. The molecule has 0 atom stereocenters. The zero-order valence-electron chi connectivity index (χ0n) is 11.6. The molecule has 0 radical (unpaired) electrons. The van der Waals surface area contributed by atoms with Crippen LogP contribution in [0, 0.1) is 0 Å². The Morgan fingerprint density at radius 2 is 1.71 bits per heavy atom. The highest BCUT2D eigenvalue weighted by atomic mass is 16.1. The van der Waals surface area contributed by atoms with Gasteiger partial charge in [-0.2, -0.15) is 5.10 Å². The SMILES string of the molecule is CC(=O)Nc1ccc(-c2cc(-c3ccccc3)[nH]n2)cc1. The zero-order chi connectivity index (χ0) is 14.7. The maximum absolute atomic E-state index is 11.0. The average molecular weight is 277 g/mol. The van der Waals surface area contributed by atoms with E-state index in [1.807, 2.05) is 60.7 Å². The van der Waals surface area contributed by atoms with Crippen LogP contribution in [-0.4, -0.2) is 16.1 Å². The fourth-order valence-electron chi connectivity index (χ4n) is 2.16. The van der Waals surface area contributed by atoms with E-state index >= 15 is 0 Å². The number of hydrogen-bond donors (Lipinski definition) is 2. The van der Waals surface area contributed by atoms with Gasteiger partial charge in [-0.1, -0.05) is 42.5 Å². The van der Waals surface area contributed by atoms with E-state index in [0.717, 1.165) is 28.2 Å². The summed E-state index contributed by atoms with van der Waals surface area (Å²) in [5.74, 6) is -0.0751. The lowest BCUT2D eigenvalue weighted by Gasteiger charge is -2.02. The second-order valence-corrected chi connectivity index (χ2v) is 4.79. The number of amides is 1. The van der Waals surface area contributed by atoms with Crippen LogP contribution in [0.4, 0.5) is 5.69 Å². The molecule has 0 saturated carbocycles. The van der Waals surface area contributed by atoms with Gasteiger partial charge in [0.25, 0.3) is 0 Å². The Hall–Kier alpha value is -2.88. The third-order valence-electron chi connectivity index (χ3n) is 3.16. The second kappa shape index (κ2) is 5.63. The Morgan fingerprint density at radius 1 is 1.00 bits per heavy atom. The van der Waals surface area contributed by atoms with Crippen LogP contribution in [0.15, 0.2) is 60.7 Å². The molecular weight excluding hydrogens is 262 g/mol. The summed E-state index contributed by atoms with van der Waals surface area (Å²) in [4.78, 5) is 11.0. The van der Waals surface area contributed by atoms with Crippen molar-refractivity contribution in [2.75, 3.05) is 5.32 Å². The highest BCUT2D eigenvalue weighted by Gasteiger charge is 2.05. The number of rotatable bonds is 3. The van der Waals surface area contributed by atoms with Gasteiger partial charge in [0.05, 0.1) is 11.4 Å². The van der Waals surface area contributed by atoms with Crippen LogP contribution in [0.25, 0.3) is 22.5 Å². The average Bonchev–Trinajstić information content (AvgIpc) is 2.98. The van der Waals surface area contributed by atoms with Crippen LogP contribution < -0.4 is 5.32 Å². The zero-order valence-corrected chi connectivity index (χ0v) is 11.6. The Labute approximate surface area is 122 Å². The largest absolute Gasteiger partial charge is 0.326 e. The van der Waals surface area contributed by atoms with Gasteiger partial charge < -0.3 is 5.32 Å². The predicted octanol–water partition coefficient (Wildman–Crippen LogP) is 3.70. The first-order chi connectivity index (χ1) is 10.2. The van der Waals surface area contributed by atoms with E-state index in [2.05, 4.69) is 15.5 Å². The molecule has 0 aliphatic carbocycles. The number of aromatic amines is 1. The number of carbonyl (C=O) groups excluding carboxylic acids is 1. The fraction of sp³-hybridized carbons (Fsp3) is 0.0588. The molecule has 0 unspecified atom stereocenters. The molecule has 0 spiro atoms. The monoisotopic (exact) mass is 277 g/mol. The molecule has 1 heterocycles. The van der Waals surface area contributed by atoms with Crippen LogP contribution >= 0.6 is 0 Å². The first-order valence-electron chi connectivity index (χ1n) is 6.71. The first-order valence-corrected chi connectivity index (χ1v) is 6.71. The van der Waals surface area contributed by atoms with Crippen molar-refractivity contribution in [3.63, 3.8) is 0 Å². The van der Waals surface area contributed by atoms with Gasteiger partial charge in [-0.25, -0.2) is 0 Å². The van der Waals surface area contributed by atoms with Crippen molar-refractivity contribution in [2.45, 2.75) is 6.92 Å². The van der Waals surface area contributed by atoms with Gasteiger partial charge in [0.1, 0.15) is 0 Å². The molecule has 3 rings (SSSR count). The fourth-order valence-corrected chi connectivity index (χ4v) is 2.16. The van der Waals surface area contributed by atoms with E-state index in [9.17, 15) is 4.79 Å². The maximum Gasteiger partial charge on any atom is 0.221 e. The van der Waals surface area contributed by atoms with Crippen LogP contribution in [0.3, 0.4) is 0 Å². The smallest absolute Gasteiger partial charge is 0.221 e. The van der Waals surface area contributed by atoms with Crippen molar-refractivity contribution in [2.24, 2.45) is 0 Å². The van der Waals surface area contributed by atoms with Crippen molar-refractivity contribution < 1.29 is 4.79 Å². The van der Waals surface area contributed by atoms with Crippen molar-refractivity contribution in [3.8, 4) is 22.5 Å². The van der Waals surface area contributed by atoms with Crippen LogP contribution in [0.5, 0.6) is 0 Å². The number of nitrogens with zero attached hydrogens (tertiary/aromatic N) is 1. The maximum atomic E-state index is 11.0. The number of nitrogens with one attached hydrogen (secondary N) is 2. The van der Waals surface area contributed by atoms with Gasteiger partial charge in [0.15, 0.2) is 0 Å². The van der Waals surface area contributed by atoms with Gasteiger partial charge in [-0.15, -0.1) is 0 Å². The number of H-pyrrole nitrogens is 1. The van der Waals surface area contributed by atoms with Gasteiger partial charge in [0.2, 0.25) is 5.91 Å². The normalized spacial score (nSPS) is 10.3. The summed E-state index contributed by atoms with van der Waals surface area (Å²) in [6.45, 7) is 1.49. The summed E-state index contributed by atoms with van der Waals surface area (Å²) < 4.78 is 0. The summed E-state index contributed by atoms with van der Waals surface area (Å²) in [5, 5.41) is 10.1. The highest BCUT2D eigenvalue weighted by molar-refractivity contribution is 5.88. The molecule has 21 heavy (non-hydrogen) atoms. The highest BCUT2D eigenvalue weighted by Crippen LogP contribution is 2.24. The quantitative estimate of drug-likeness (QED) is 0.767. The van der Waals surface area contributed by atoms with Gasteiger partial charge in [-0.05, 0) is 23.8 Å². The van der Waals surface area contributed by atoms with Crippen LogP contribution in [0.1, 0.15) is 6.92 Å². The van der Waals surface area contributed by atoms with Crippen molar-refractivity contribution in [1.29, 1.82) is 0 Å². The summed E-state index contributed by atoms with van der Waals surface area (Å²) in [7, 11) is 0. The molecule has 0 aliphatic rings. The third-order valence-corrected chi connectivity index (χ3v) is 3.16. The van der Waals surface area contributed by atoms with E-state index in [1.165, 1.54) is 6.92 Å². The van der Waals surface area contributed by atoms with E-state index in [4.69, 9.17) is 0 Å². The number of hydrogen-bond acceptors (Lipinski definition) is 2. The Balaban J connectivity index is 1.85. The van der Waals surface area contributed by atoms with Crippen molar-refractivity contribution in [3.05, 3.63) is 60.7 Å². The summed E-state index contributed by atoms with van der Waals surface area (Å²) in [6, 6.07) is 19.7. The topological polar surface area (TPSA) is 57.8 Å². The molecule has 104 valence electrons. The summed E-state index contributed by atoms with van der Waals surface area (Å²) in [6.07, 6.45) is 0. The van der Waals surface area contributed by atoms with Crippen molar-refractivity contribution in [1.82, 2.24) is 10.2 Å². The van der Waals surface area contributed by atoms with Gasteiger partial charge >= 0.3 is 0 Å². The van der Waals surface area contributed by atoms with E-state index in [0.29, 0.717) is 0 Å². The molecule has 0 bridgehead atoms. The minimum Gasteiger partial charge on any atom is -0.326 e. The molecule has 0 aliphatic heterocycles. The predicted molar refractivity (Wildman–Crippen MR) is 83.8 cm³/mol. The molecule has 0 saturated heterocycles. The van der Waals surface area contributed by atoms with E-state index in [1.54, 1.807) is 0 Å². The lowest BCUT2D eigenvalue weighted by Crippen LogP contribution is -2.05. The van der Waals surface area contributed by atoms with Crippen molar-refractivity contribution >= 4 is 11.6 Å². The molecule has 4 nitrogen and oxygen atoms in total. The summed E-state index contributed by atoms with van der Waals surface area (Å²) in [5.41, 5.74) is 4.75. The molecule has 0 fully saturated rings. The van der Waals surface area contributed by atoms with Crippen LogP contribution in [-0.2, 0) is 4.79 Å². The lowest BCUT2D eigenvalue weighted by molar-refractivity contribution is -0.114. The first kappa shape index (κ1) is 13.1. The molecule has 1 aromatic heterocycles. The second-order valence-electron chi connectivity index (χ2n) is 4.79. The molecule has 3 aromatic rings. The van der Waals surface area contributed by atoms with E-state index < -0.39 is 0 Å². The minimum absolute atomic E-state index is 0.0751. The Bertz CT molecular complexity index is 745. The van der Waals surface area contributed by atoms with Gasteiger partial charge in [0, 0.05) is 18.2 Å². The Kier molecular flexibility index (Phi) is 3.51. The van der Waals surface area contributed by atoms with E-state index in [-0.39, 0.29) is 5.91 Å². The molecule has 2 N–H and O–H groups in total. The Morgan fingerprint density at radius 3 is 2.38 bits per heavy atom. The standard InChI is InChI=1S/C17H15N3O/c1-12(21)18-15-9-7-14(8-10-15)17-11-16(19-20-17)13-5-3-2-4-6-13/h2-11H,1H3,(H,18,21)(H,19,20). The van der Waals surface area contributed by atoms with Gasteiger partial charge in [-0.3, -0.25) is 9.89 Å². The number of aromatic nitrogens is 2. The molecule has 1 amide bonds. The number of benzene rings is 2. The van der Waals surface area contributed by atoms with Crippen LogP contribution in [0.2, 0.25) is 0 Å². The lowest BCUT2D eigenvalue weighted by atomic mass is 10.1.